The summed E-state index contributed by atoms with van der Waals surface area (Å²) in [7, 11) is 6.76. The van der Waals surface area contributed by atoms with Crippen molar-refractivity contribution in [3.8, 4) is 0 Å². The molecular weight excluding hydrogens is 378 g/mol. The van der Waals surface area contributed by atoms with Crippen molar-refractivity contribution in [1.82, 2.24) is 4.57 Å². The predicted molar refractivity (Wildman–Crippen MR) is 129 cm³/mol. The molecular formula is C28H35N3+2. The molecule has 4 rings (SSSR count). The molecule has 0 aliphatic carbocycles. The summed E-state index contributed by atoms with van der Waals surface area (Å²) in [6.07, 6.45) is 10.2. The van der Waals surface area contributed by atoms with Gasteiger partial charge in [-0.3, -0.25) is 0 Å². The highest BCUT2D eigenvalue weighted by molar-refractivity contribution is 5.84. The van der Waals surface area contributed by atoms with Gasteiger partial charge in [0.05, 0.1) is 34.1 Å². The molecule has 0 aliphatic heterocycles. The maximum atomic E-state index is 2.40. The SMILES string of the molecule is C[N+](C)(C)CCC[n+]1ccc(CCc2cn(Cc3ccccc3)c3ccccc23)cc1. The highest BCUT2D eigenvalue weighted by Crippen LogP contribution is 2.24. The third kappa shape index (κ3) is 5.83. The fraction of sp³-hybridized carbons (Fsp3) is 0.321. The number of hydrogen-bond donors (Lipinski definition) is 0. The smallest absolute Gasteiger partial charge is 0.169 e. The van der Waals surface area contributed by atoms with Crippen LogP contribution in [0.2, 0.25) is 0 Å². The molecule has 4 aromatic rings. The molecule has 160 valence electrons. The molecule has 0 saturated heterocycles. The van der Waals surface area contributed by atoms with Crippen molar-refractivity contribution >= 4 is 10.9 Å². The van der Waals surface area contributed by atoms with E-state index in [1.165, 1.54) is 40.6 Å². The number of fused-ring (bicyclic) bond motifs is 1. The van der Waals surface area contributed by atoms with Crippen LogP contribution in [0.5, 0.6) is 0 Å². The summed E-state index contributed by atoms with van der Waals surface area (Å²) < 4.78 is 5.73. The summed E-state index contributed by atoms with van der Waals surface area (Å²) in [5, 5.41) is 1.38. The number of quaternary nitrogens is 1. The lowest BCUT2D eigenvalue weighted by atomic mass is 10.0. The molecule has 3 heteroatoms. The number of hydrogen-bond acceptors (Lipinski definition) is 0. The normalized spacial score (nSPS) is 11.8. The number of pyridine rings is 1. The Kier molecular flexibility index (Phi) is 6.53. The summed E-state index contributed by atoms with van der Waals surface area (Å²) in [4.78, 5) is 0. The van der Waals surface area contributed by atoms with Gasteiger partial charge >= 0.3 is 0 Å². The second kappa shape index (κ2) is 9.49. The third-order valence-corrected chi connectivity index (χ3v) is 5.96. The molecule has 0 fully saturated rings. The Morgan fingerprint density at radius 3 is 2.23 bits per heavy atom. The zero-order chi connectivity index (χ0) is 21.7. The van der Waals surface area contributed by atoms with E-state index >= 15 is 0 Å². The zero-order valence-corrected chi connectivity index (χ0v) is 19.2. The van der Waals surface area contributed by atoms with Crippen molar-refractivity contribution in [2.75, 3.05) is 27.7 Å². The second-order valence-corrected chi connectivity index (χ2v) is 9.60. The first-order valence-electron chi connectivity index (χ1n) is 11.4. The monoisotopic (exact) mass is 413 g/mol. The maximum absolute atomic E-state index is 2.40. The van der Waals surface area contributed by atoms with Gasteiger partial charge < -0.3 is 9.05 Å². The van der Waals surface area contributed by atoms with Crippen LogP contribution in [0.15, 0.2) is 85.3 Å². The van der Waals surface area contributed by atoms with Crippen LogP contribution in [0, 0.1) is 0 Å². The molecule has 0 unspecified atom stereocenters. The Balaban J connectivity index is 1.42. The Labute approximate surface area is 186 Å². The first-order chi connectivity index (χ1) is 15.0. The number of nitrogens with zero attached hydrogens (tertiary/aromatic N) is 3. The van der Waals surface area contributed by atoms with Gasteiger partial charge in [0.2, 0.25) is 0 Å². The van der Waals surface area contributed by atoms with Crippen molar-refractivity contribution in [2.45, 2.75) is 32.4 Å². The molecule has 0 aliphatic rings. The van der Waals surface area contributed by atoms with Gasteiger partial charge in [0.15, 0.2) is 18.9 Å². The van der Waals surface area contributed by atoms with E-state index in [0.717, 1.165) is 30.4 Å². The zero-order valence-electron chi connectivity index (χ0n) is 19.2. The molecule has 2 heterocycles. The highest BCUT2D eigenvalue weighted by Gasteiger charge is 2.11. The van der Waals surface area contributed by atoms with E-state index in [1.807, 2.05) is 0 Å². The average Bonchev–Trinajstić information content (AvgIpc) is 3.11. The van der Waals surface area contributed by atoms with Crippen LogP contribution in [0.25, 0.3) is 10.9 Å². The van der Waals surface area contributed by atoms with Crippen LogP contribution in [-0.2, 0) is 25.9 Å². The van der Waals surface area contributed by atoms with Gasteiger partial charge in [-0.25, -0.2) is 4.57 Å². The van der Waals surface area contributed by atoms with Crippen LogP contribution in [0.3, 0.4) is 0 Å². The lowest BCUT2D eigenvalue weighted by Gasteiger charge is -2.22. The fourth-order valence-electron chi connectivity index (χ4n) is 4.24. The molecule has 3 nitrogen and oxygen atoms in total. The fourth-order valence-corrected chi connectivity index (χ4v) is 4.24. The molecule has 0 radical (unpaired) electrons. The first-order valence-corrected chi connectivity index (χ1v) is 11.4. The van der Waals surface area contributed by atoms with E-state index in [0.29, 0.717) is 0 Å². The maximum Gasteiger partial charge on any atom is 0.169 e. The number of benzene rings is 2. The van der Waals surface area contributed by atoms with Crippen molar-refractivity contribution < 1.29 is 9.05 Å². The van der Waals surface area contributed by atoms with E-state index in [4.69, 9.17) is 0 Å². The number of aromatic nitrogens is 2. The Bertz CT molecular complexity index is 1100. The Hall–Kier alpha value is -2.91. The van der Waals surface area contributed by atoms with Crippen molar-refractivity contribution in [1.29, 1.82) is 0 Å². The van der Waals surface area contributed by atoms with E-state index in [9.17, 15) is 0 Å². The van der Waals surface area contributed by atoms with Crippen LogP contribution >= 0.6 is 0 Å². The average molecular weight is 414 g/mol. The number of aryl methyl sites for hydroxylation is 3. The van der Waals surface area contributed by atoms with Gasteiger partial charge in [-0.15, -0.1) is 0 Å². The standard InChI is InChI=1S/C28H35N3/c1-31(2,3)21-9-18-29-19-16-24(17-20-29)14-15-26-23-30(22-25-10-5-4-6-11-25)28-13-8-7-12-27(26)28/h4-8,10-13,16-17,19-20,23H,9,14-15,18,21-22H2,1-3H3/q+2. The largest absolute Gasteiger partial charge is 0.343 e. The van der Waals surface area contributed by atoms with Gasteiger partial charge in [0.25, 0.3) is 0 Å². The van der Waals surface area contributed by atoms with Crippen LogP contribution < -0.4 is 4.57 Å². The van der Waals surface area contributed by atoms with E-state index in [1.54, 1.807) is 0 Å². The van der Waals surface area contributed by atoms with E-state index in [-0.39, 0.29) is 0 Å². The minimum absolute atomic E-state index is 0.917. The Morgan fingerprint density at radius 2 is 1.48 bits per heavy atom. The summed E-state index contributed by atoms with van der Waals surface area (Å²) in [6, 6.07) is 24.1. The van der Waals surface area contributed by atoms with Crippen molar-refractivity contribution in [3.05, 3.63) is 102 Å². The predicted octanol–water partition coefficient (Wildman–Crippen LogP) is 4.86. The minimum Gasteiger partial charge on any atom is -0.343 e. The summed E-state index contributed by atoms with van der Waals surface area (Å²) in [5.74, 6) is 0. The first kappa shape index (κ1) is 21.3. The van der Waals surface area contributed by atoms with E-state index < -0.39 is 0 Å². The number of rotatable bonds is 9. The third-order valence-electron chi connectivity index (χ3n) is 5.96. The Morgan fingerprint density at radius 1 is 0.774 bits per heavy atom. The molecule has 31 heavy (non-hydrogen) atoms. The highest BCUT2D eigenvalue weighted by atomic mass is 15.3. The summed E-state index contributed by atoms with van der Waals surface area (Å²) in [5.41, 5.74) is 5.51. The lowest BCUT2D eigenvalue weighted by molar-refractivity contribution is -0.873. The van der Waals surface area contributed by atoms with Crippen LogP contribution in [0.1, 0.15) is 23.1 Å². The van der Waals surface area contributed by atoms with Crippen molar-refractivity contribution in [3.63, 3.8) is 0 Å². The summed E-state index contributed by atoms with van der Waals surface area (Å²) >= 11 is 0. The van der Waals surface area contributed by atoms with Gasteiger partial charge in [-0.05, 0) is 35.6 Å². The van der Waals surface area contributed by atoms with E-state index in [2.05, 4.69) is 116 Å². The molecule has 0 atom stereocenters. The molecule has 2 aromatic heterocycles. The van der Waals surface area contributed by atoms with Crippen molar-refractivity contribution in [2.24, 2.45) is 0 Å². The molecule has 0 amide bonds. The lowest BCUT2D eigenvalue weighted by Crippen LogP contribution is -2.39. The molecule has 2 aromatic carbocycles. The van der Waals surface area contributed by atoms with Gasteiger partial charge in [0.1, 0.15) is 0 Å². The number of para-hydroxylation sites is 1. The van der Waals surface area contributed by atoms with Gasteiger partial charge in [0, 0.05) is 35.8 Å². The topological polar surface area (TPSA) is 8.81 Å². The summed E-state index contributed by atoms with van der Waals surface area (Å²) in [6.45, 7) is 3.20. The van der Waals surface area contributed by atoms with Gasteiger partial charge in [-0.2, -0.15) is 0 Å². The molecule has 0 N–H and O–H groups in total. The van der Waals surface area contributed by atoms with Gasteiger partial charge in [-0.1, -0.05) is 48.5 Å². The van der Waals surface area contributed by atoms with Crippen LogP contribution in [0.4, 0.5) is 0 Å². The quantitative estimate of drug-likeness (QED) is 0.274. The minimum atomic E-state index is 0.917. The molecule has 0 bridgehead atoms. The molecule has 0 saturated carbocycles. The van der Waals surface area contributed by atoms with Crippen LogP contribution in [-0.4, -0.2) is 36.7 Å². The second-order valence-electron chi connectivity index (χ2n) is 9.60. The molecule has 0 spiro atoms.